The Morgan fingerprint density at radius 3 is 3.04 bits per heavy atom. The van der Waals surface area contributed by atoms with E-state index in [1.54, 1.807) is 12.1 Å². The fraction of sp³-hybridized carbons (Fsp3) is 0.176. The van der Waals surface area contributed by atoms with Crippen molar-refractivity contribution < 1.29 is 4.79 Å². The van der Waals surface area contributed by atoms with Gasteiger partial charge in [0.05, 0.1) is 5.56 Å². The summed E-state index contributed by atoms with van der Waals surface area (Å²) in [5, 5.41) is 16.7. The predicted octanol–water partition coefficient (Wildman–Crippen LogP) is 3.57. The van der Waals surface area contributed by atoms with E-state index in [0.717, 1.165) is 35.5 Å². The molecular formula is C17H14ClN3OS. The lowest BCUT2D eigenvalue weighted by molar-refractivity contribution is -0.111. The average Bonchev–Trinajstić information content (AvgIpc) is 2.91. The molecule has 4 nitrogen and oxygen atoms in total. The normalized spacial score (nSPS) is 13.6. The van der Waals surface area contributed by atoms with E-state index in [-0.39, 0.29) is 5.91 Å². The number of benzene rings is 1. The van der Waals surface area contributed by atoms with Crippen molar-refractivity contribution in [1.82, 2.24) is 5.32 Å². The van der Waals surface area contributed by atoms with Crippen LogP contribution in [0.25, 0.3) is 6.08 Å². The van der Waals surface area contributed by atoms with Crippen molar-refractivity contribution in [1.29, 1.82) is 5.26 Å². The van der Waals surface area contributed by atoms with Crippen LogP contribution in [0.5, 0.6) is 0 Å². The molecule has 1 aliphatic heterocycles. The molecule has 0 radical (unpaired) electrons. The molecule has 0 unspecified atom stereocenters. The van der Waals surface area contributed by atoms with Gasteiger partial charge in [0.1, 0.15) is 11.1 Å². The maximum atomic E-state index is 12.1. The molecule has 3 rings (SSSR count). The van der Waals surface area contributed by atoms with Gasteiger partial charge in [-0.1, -0.05) is 29.8 Å². The van der Waals surface area contributed by atoms with E-state index in [1.165, 1.54) is 17.4 Å². The number of hydrogen-bond donors (Lipinski definition) is 2. The number of thiophene rings is 1. The second kappa shape index (κ2) is 6.97. The maximum absolute atomic E-state index is 12.1. The molecule has 0 aliphatic carbocycles. The predicted molar refractivity (Wildman–Crippen MR) is 93.6 cm³/mol. The lowest BCUT2D eigenvalue weighted by Gasteiger charge is -2.11. The lowest BCUT2D eigenvalue weighted by atomic mass is 10.1. The second-order valence-electron chi connectivity index (χ2n) is 5.09. The minimum absolute atomic E-state index is 0.270. The summed E-state index contributed by atoms with van der Waals surface area (Å²) in [7, 11) is 0. The highest BCUT2D eigenvalue weighted by molar-refractivity contribution is 7.16. The van der Waals surface area contributed by atoms with Gasteiger partial charge in [-0.15, -0.1) is 11.3 Å². The molecule has 6 heteroatoms. The number of nitrogens with zero attached hydrogens (tertiary/aromatic N) is 1. The maximum Gasteiger partial charge on any atom is 0.249 e. The fourth-order valence-electron chi connectivity index (χ4n) is 2.47. The van der Waals surface area contributed by atoms with Gasteiger partial charge >= 0.3 is 0 Å². The molecule has 1 aliphatic rings. The number of fused-ring (bicyclic) bond motifs is 1. The van der Waals surface area contributed by atoms with Gasteiger partial charge in [0.2, 0.25) is 5.91 Å². The number of amides is 1. The van der Waals surface area contributed by atoms with Crippen molar-refractivity contribution in [2.45, 2.75) is 13.0 Å². The molecule has 1 aromatic carbocycles. The number of rotatable bonds is 3. The smallest absolute Gasteiger partial charge is 0.249 e. The first-order valence-corrected chi connectivity index (χ1v) is 8.37. The largest absolute Gasteiger partial charge is 0.313 e. The van der Waals surface area contributed by atoms with Gasteiger partial charge in [-0.25, -0.2) is 0 Å². The van der Waals surface area contributed by atoms with Crippen molar-refractivity contribution in [3.63, 3.8) is 0 Å². The zero-order valence-electron chi connectivity index (χ0n) is 12.2. The molecule has 2 N–H and O–H groups in total. The van der Waals surface area contributed by atoms with Gasteiger partial charge in [-0.3, -0.25) is 4.79 Å². The molecule has 0 fully saturated rings. The third kappa shape index (κ3) is 3.45. The number of halogens is 1. The summed E-state index contributed by atoms with van der Waals surface area (Å²) in [5.74, 6) is -0.270. The fourth-order valence-corrected chi connectivity index (χ4v) is 3.84. The van der Waals surface area contributed by atoms with Crippen LogP contribution in [-0.4, -0.2) is 12.5 Å². The highest BCUT2D eigenvalue weighted by Gasteiger charge is 2.21. The van der Waals surface area contributed by atoms with Crippen LogP contribution in [-0.2, 0) is 17.8 Å². The van der Waals surface area contributed by atoms with E-state index < -0.39 is 0 Å². The third-order valence-electron chi connectivity index (χ3n) is 3.60. The van der Waals surface area contributed by atoms with E-state index in [2.05, 4.69) is 16.7 Å². The first-order chi connectivity index (χ1) is 11.2. The molecule has 0 saturated heterocycles. The topological polar surface area (TPSA) is 64.9 Å². The summed E-state index contributed by atoms with van der Waals surface area (Å²) in [6.07, 6.45) is 3.91. The zero-order chi connectivity index (χ0) is 16.2. The Hall–Kier alpha value is -2.13. The number of nitrogens with one attached hydrogen (secondary N) is 2. The summed E-state index contributed by atoms with van der Waals surface area (Å²) < 4.78 is 0. The van der Waals surface area contributed by atoms with Crippen LogP contribution in [0.15, 0.2) is 30.3 Å². The molecule has 1 aromatic heterocycles. The van der Waals surface area contributed by atoms with E-state index in [9.17, 15) is 10.1 Å². The van der Waals surface area contributed by atoms with E-state index in [1.807, 2.05) is 18.2 Å². The zero-order valence-corrected chi connectivity index (χ0v) is 13.8. The average molecular weight is 344 g/mol. The van der Waals surface area contributed by atoms with Crippen LogP contribution in [0.1, 0.15) is 21.6 Å². The van der Waals surface area contributed by atoms with Crippen LogP contribution >= 0.6 is 22.9 Å². The first-order valence-electron chi connectivity index (χ1n) is 7.18. The highest BCUT2D eigenvalue weighted by Crippen LogP contribution is 2.34. The molecule has 0 atom stereocenters. The molecule has 1 amide bonds. The van der Waals surface area contributed by atoms with Gasteiger partial charge in [0, 0.05) is 22.5 Å². The Bertz CT molecular complexity index is 820. The second-order valence-corrected chi connectivity index (χ2v) is 6.60. The first kappa shape index (κ1) is 15.8. The Morgan fingerprint density at radius 1 is 1.43 bits per heavy atom. The Morgan fingerprint density at radius 2 is 2.26 bits per heavy atom. The standard InChI is InChI=1S/C17H14ClN3OS/c18-14-4-2-1-3-11(14)5-6-16(22)21-17-13(9-19)12-7-8-20-10-15(12)23-17/h1-6,20H,7-8,10H2,(H,21,22). The van der Waals surface area contributed by atoms with E-state index in [0.29, 0.717) is 15.6 Å². The van der Waals surface area contributed by atoms with Crippen molar-refractivity contribution in [2.75, 3.05) is 11.9 Å². The van der Waals surface area contributed by atoms with E-state index >= 15 is 0 Å². The SMILES string of the molecule is N#Cc1c(NC(=O)C=Cc2ccccc2Cl)sc2c1CCNC2. The summed E-state index contributed by atoms with van der Waals surface area (Å²) in [6.45, 7) is 1.61. The number of carbonyl (C=O) groups is 1. The number of hydrogen-bond acceptors (Lipinski definition) is 4. The van der Waals surface area contributed by atoms with Gasteiger partial charge < -0.3 is 10.6 Å². The number of carbonyl (C=O) groups excluding carboxylic acids is 1. The minimum atomic E-state index is -0.270. The monoisotopic (exact) mass is 343 g/mol. The van der Waals surface area contributed by atoms with Gasteiger partial charge in [0.15, 0.2) is 0 Å². The molecule has 23 heavy (non-hydrogen) atoms. The Kier molecular flexibility index (Phi) is 4.77. The Balaban J connectivity index is 1.77. The molecule has 2 aromatic rings. The van der Waals surface area contributed by atoms with Crippen LogP contribution in [0.2, 0.25) is 5.02 Å². The van der Waals surface area contributed by atoms with Crippen LogP contribution in [0, 0.1) is 11.3 Å². The van der Waals surface area contributed by atoms with Crippen molar-refractivity contribution in [2.24, 2.45) is 0 Å². The molecular weight excluding hydrogens is 330 g/mol. The van der Waals surface area contributed by atoms with Gasteiger partial charge in [-0.2, -0.15) is 5.26 Å². The van der Waals surface area contributed by atoms with Gasteiger partial charge in [-0.05, 0) is 36.2 Å². The summed E-state index contributed by atoms with van der Waals surface area (Å²) >= 11 is 7.52. The van der Waals surface area contributed by atoms with Crippen molar-refractivity contribution in [3.05, 3.63) is 56.9 Å². The summed E-state index contributed by atoms with van der Waals surface area (Å²) in [5.41, 5.74) is 2.42. The molecule has 0 spiro atoms. The van der Waals surface area contributed by atoms with Crippen LogP contribution in [0.3, 0.4) is 0 Å². The number of anilines is 1. The number of nitriles is 1. The minimum Gasteiger partial charge on any atom is -0.313 e. The third-order valence-corrected chi connectivity index (χ3v) is 5.09. The molecule has 2 heterocycles. The molecule has 0 saturated carbocycles. The lowest BCUT2D eigenvalue weighted by Crippen LogP contribution is -2.22. The summed E-state index contributed by atoms with van der Waals surface area (Å²) in [4.78, 5) is 13.2. The quantitative estimate of drug-likeness (QED) is 0.837. The molecule has 0 bridgehead atoms. The van der Waals surface area contributed by atoms with E-state index in [4.69, 9.17) is 11.6 Å². The van der Waals surface area contributed by atoms with Crippen LogP contribution < -0.4 is 10.6 Å². The molecule has 116 valence electrons. The van der Waals surface area contributed by atoms with Crippen LogP contribution in [0.4, 0.5) is 5.00 Å². The van der Waals surface area contributed by atoms with Crippen molar-refractivity contribution >= 4 is 39.9 Å². The van der Waals surface area contributed by atoms with Gasteiger partial charge in [0.25, 0.3) is 0 Å². The Labute approximate surface area is 143 Å². The summed E-state index contributed by atoms with van der Waals surface area (Å²) in [6, 6.07) is 9.52. The van der Waals surface area contributed by atoms with Crippen molar-refractivity contribution in [3.8, 4) is 6.07 Å². The highest BCUT2D eigenvalue weighted by atomic mass is 35.5.